The van der Waals surface area contributed by atoms with Gasteiger partial charge in [0.25, 0.3) is 0 Å². The van der Waals surface area contributed by atoms with Crippen molar-refractivity contribution in [1.29, 1.82) is 0 Å². The molecule has 0 aliphatic carbocycles. The Kier molecular flexibility index (Phi) is 5.68. The van der Waals surface area contributed by atoms with Crippen LogP contribution in [0.4, 0.5) is 0 Å². The van der Waals surface area contributed by atoms with Crippen LogP contribution in [0.25, 0.3) is 11.4 Å². The van der Waals surface area contributed by atoms with Crippen molar-refractivity contribution in [1.82, 2.24) is 15.5 Å². The zero-order valence-corrected chi connectivity index (χ0v) is 16.5. The lowest BCUT2D eigenvalue weighted by atomic mass is 9.98. The molecule has 0 aliphatic heterocycles. The van der Waals surface area contributed by atoms with Gasteiger partial charge in [0.2, 0.25) is 11.7 Å². The van der Waals surface area contributed by atoms with E-state index < -0.39 is 0 Å². The SMILES string of the molecule is COc1cccc(-c2noc(CNC(c3ccccc3)c3ccc(C)cc3)n2)c1. The van der Waals surface area contributed by atoms with Crippen molar-refractivity contribution in [2.45, 2.75) is 19.5 Å². The van der Waals surface area contributed by atoms with Crippen LogP contribution in [-0.2, 0) is 6.54 Å². The Bertz CT molecular complexity index is 1060. The number of nitrogens with zero attached hydrogens (tertiary/aromatic N) is 2. The molecule has 1 heterocycles. The first-order valence-electron chi connectivity index (χ1n) is 9.55. The molecule has 1 aromatic heterocycles. The van der Waals surface area contributed by atoms with Crippen LogP contribution in [0.15, 0.2) is 83.4 Å². The summed E-state index contributed by atoms with van der Waals surface area (Å²) >= 11 is 0. The van der Waals surface area contributed by atoms with Crippen molar-refractivity contribution in [3.8, 4) is 17.1 Å². The predicted octanol–water partition coefficient (Wildman–Crippen LogP) is 4.93. The van der Waals surface area contributed by atoms with Crippen LogP contribution >= 0.6 is 0 Å². The summed E-state index contributed by atoms with van der Waals surface area (Å²) in [5.74, 6) is 1.85. The molecule has 1 unspecified atom stereocenters. The van der Waals surface area contributed by atoms with E-state index >= 15 is 0 Å². The average molecular weight is 385 g/mol. The average Bonchev–Trinajstić information content (AvgIpc) is 3.25. The minimum absolute atomic E-state index is 0.0315. The lowest BCUT2D eigenvalue weighted by Gasteiger charge is -2.19. The van der Waals surface area contributed by atoms with Gasteiger partial charge in [-0.05, 0) is 30.2 Å². The summed E-state index contributed by atoms with van der Waals surface area (Å²) in [5, 5.41) is 7.67. The van der Waals surface area contributed by atoms with Crippen molar-refractivity contribution in [2.75, 3.05) is 7.11 Å². The first-order valence-corrected chi connectivity index (χ1v) is 9.55. The molecular formula is C24H23N3O2. The van der Waals surface area contributed by atoms with E-state index in [1.54, 1.807) is 7.11 Å². The maximum Gasteiger partial charge on any atom is 0.240 e. The number of benzene rings is 3. The summed E-state index contributed by atoms with van der Waals surface area (Å²) in [5.41, 5.74) is 4.47. The zero-order valence-electron chi connectivity index (χ0n) is 16.5. The van der Waals surface area contributed by atoms with E-state index in [-0.39, 0.29) is 6.04 Å². The fraction of sp³-hybridized carbons (Fsp3) is 0.167. The molecule has 0 spiro atoms. The summed E-state index contributed by atoms with van der Waals surface area (Å²) in [7, 11) is 1.64. The molecule has 5 nitrogen and oxygen atoms in total. The van der Waals surface area contributed by atoms with Crippen LogP contribution in [0.1, 0.15) is 28.6 Å². The topological polar surface area (TPSA) is 60.2 Å². The molecule has 0 amide bonds. The lowest BCUT2D eigenvalue weighted by Crippen LogP contribution is -2.22. The number of aromatic nitrogens is 2. The van der Waals surface area contributed by atoms with Gasteiger partial charge in [-0.3, -0.25) is 5.32 Å². The number of hydrogen-bond acceptors (Lipinski definition) is 5. The molecule has 4 rings (SSSR count). The normalized spacial score (nSPS) is 11.9. The zero-order chi connectivity index (χ0) is 20.1. The van der Waals surface area contributed by atoms with Gasteiger partial charge in [0.15, 0.2) is 0 Å². The predicted molar refractivity (Wildman–Crippen MR) is 113 cm³/mol. The van der Waals surface area contributed by atoms with Gasteiger partial charge in [-0.1, -0.05) is 77.5 Å². The molecule has 1 atom stereocenters. The highest BCUT2D eigenvalue weighted by Gasteiger charge is 2.16. The summed E-state index contributed by atoms with van der Waals surface area (Å²) in [6, 6.07) is 26.6. The highest BCUT2D eigenvalue weighted by atomic mass is 16.5. The number of hydrogen-bond donors (Lipinski definition) is 1. The number of ether oxygens (including phenoxy) is 1. The quantitative estimate of drug-likeness (QED) is 0.489. The first-order chi connectivity index (χ1) is 14.2. The van der Waals surface area contributed by atoms with Gasteiger partial charge in [0.05, 0.1) is 19.7 Å². The maximum absolute atomic E-state index is 5.47. The molecule has 0 fully saturated rings. The summed E-state index contributed by atoms with van der Waals surface area (Å²) < 4.78 is 10.7. The van der Waals surface area contributed by atoms with Gasteiger partial charge in [0.1, 0.15) is 5.75 Å². The van der Waals surface area contributed by atoms with Gasteiger partial charge in [0, 0.05) is 5.56 Å². The van der Waals surface area contributed by atoms with Crippen molar-refractivity contribution >= 4 is 0 Å². The molecule has 0 saturated heterocycles. The Morgan fingerprint density at radius 3 is 2.45 bits per heavy atom. The summed E-state index contributed by atoms with van der Waals surface area (Å²) in [6.07, 6.45) is 0. The Morgan fingerprint density at radius 1 is 0.931 bits per heavy atom. The summed E-state index contributed by atoms with van der Waals surface area (Å²) in [6.45, 7) is 2.55. The van der Waals surface area contributed by atoms with E-state index in [4.69, 9.17) is 9.26 Å². The number of aryl methyl sites for hydroxylation is 1. The molecule has 4 aromatic rings. The lowest BCUT2D eigenvalue weighted by molar-refractivity contribution is 0.363. The van der Waals surface area contributed by atoms with E-state index in [9.17, 15) is 0 Å². The molecule has 29 heavy (non-hydrogen) atoms. The third kappa shape index (κ3) is 4.52. The van der Waals surface area contributed by atoms with Crippen LogP contribution in [0.2, 0.25) is 0 Å². The minimum Gasteiger partial charge on any atom is -0.497 e. The van der Waals surface area contributed by atoms with Crippen LogP contribution in [0.5, 0.6) is 5.75 Å². The molecule has 5 heteroatoms. The van der Waals surface area contributed by atoms with Crippen molar-refractivity contribution in [3.63, 3.8) is 0 Å². The van der Waals surface area contributed by atoms with E-state index in [1.807, 2.05) is 42.5 Å². The van der Waals surface area contributed by atoms with Crippen LogP contribution in [-0.4, -0.2) is 17.3 Å². The number of rotatable bonds is 7. The monoisotopic (exact) mass is 385 g/mol. The Balaban J connectivity index is 1.53. The second-order valence-corrected chi connectivity index (χ2v) is 6.88. The van der Waals surface area contributed by atoms with Crippen LogP contribution in [0, 0.1) is 6.92 Å². The molecular weight excluding hydrogens is 362 g/mol. The van der Waals surface area contributed by atoms with Gasteiger partial charge < -0.3 is 9.26 Å². The third-order valence-electron chi connectivity index (χ3n) is 4.80. The smallest absolute Gasteiger partial charge is 0.240 e. The van der Waals surface area contributed by atoms with E-state index in [0.717, 1.165) is 11.3 Å². The third-order valence-corrected chi connectivity index (χ3v) is 4.80. The molecule has 3 aromatic carbocycles. The molecule has 0 saturated carbocycles. The second kappa shape index (κ2) is 8.71. The Morgan fingerprint density at radius 2 is 1.69 bits per heavy atom. The molecule has 1 N–H and O–H groups in total. The fourth-order valence-electron chi connectivity index (χ4n) is 3.23. The van der Waals surface area contributed by atoms with Crippen molar-refractivity contribution in [3.05, 3.63) is 101 Å². The van der Waals surface area contributed by atoms with E-state index in [1.165, 1.54) is 16.7 Å². The highest BCUT2D eigenvalue weighted by molar-refractivity contribution is 5.56. The minimum atomic E-state index is 0.0315. The van der Waals surface area contributed by atoms with Crippen molar-refractivity contribution < 1.29 is 9.26 Å². The van der Waals surface area contributed by atoms with E-state index in [0.29, 0.717) is 18.3 Å². The Hall–Kier alpha value is -3.44. The molecule has 0 bridgehead atoms. The number of methoxy groups -OCH3 is 1. The van der Waals surface area contributed by atoms with Gasteiger partial charge in [-0.15, -0.1) is 0 Å². The standard InChI is InChI=1S/C24H23N3O2/c1-17-11-13-19(14-12-17)23(18-7-4-3-5-8-18)25-16-22-26-24(27-29-22)20-9-6-10-21(15-20)28-2/h3-15,23,25H,16H2,1-2H3. The van der Waals surface area contributed by atoms with Gasteiger partial charge >= 0.3 is 0 Å². The van der Waals surface area contributed by atoms with E-state index in [2.05, 4.69) is 58.8 Å². The first kappa shape index (κ1) is 18.9. The van der Waals surface area contributed by atoms with Crippen LogP contribution in [0.3, 0.4) is 0 Å². The largest absolute Gasteiger partial charge is 0.497 e. The highest BCUT2D eigenvalue weighted by Crippen LogP contribution is 2.24. The molecule has 0 radical (unpaired) electrons. The number of nitrogens with one attached hydrogen (secondary N) is 1. The van der Waals surface area contributed by atoms with Crippen LogP contribution < -0.4 is 10.1 Å². The molecule has 146 valence electrons. The fourth-order valence-corrected chi connectivity index (χ4v) is 3.23. The van der Waals surface area contributed by atoms with Crippen molar-refractivity contribution in [2.24, 2.45) is 0 Å². The summed E-state index contributed by atoms with van der Waals surface area (Å²) in [4.78, 5) is 4.53. The second-order valence-electron chi connectivity index (χ2n) is 6.88. The van der Waals surface area contributed by atoms with Gasteiger partial charge in [-0.2, -0.15) is 4.98 Å². The van der Waals surface area contributed by atoms with Gasteiger partial charge in [-0.25, -0.2) is 0 Å². The molecule has 0 aliphatic rings. The Labute approximate surface area is 170 Å². The maximum atomic E-state index is 5.47.